The van der Waals surface area contributed by atoms with Gasteiger partial charge in [-0.2, -0.15) is 0 Å². The van der Waals surface area contributed by atoms with Gasteiger partial charge in [-0.15, -0.1) is 0 Å². The van der Waals surface area contributed by atoms with Crippen LogP contribution in [0.15, 0.2) is 82.6 Å². The zero-order valence-electron chi connectivity index (χ0n) is 26.0. The van der Waals surface area contributed by atoms with Crippen molar-refractivity contribution < 1.29 is 32.1 Å². The Kier molecular flexibility index (Phi) is 15.1. The number of halogens is 1. The van der Waals surface area contributed by atoms with Gasteiger partial charge in [-0.1, -0.05) is 67.7 Å². The molecule has 1 amide bonds. The SMILES string of the molecule is CC/C=C\C/C=C\C/C=C\C/C=C\C/C=C\CCCC(=O)NCCOP1(=O)OC[C@H]2O[C@@H](n3ccc(=O)[nH]c3=O)[C@H](F)[C@]2(C)O1. The number of aromatic amines is 1. The summed E-state index contributed by atoms with van der Waals surface area (Å²) in [5, 5.41) is 2.69. The summed E-state index contributed by atoms with van der Waals surface area (Å²) >= 11 is 0. The van der Waals surface area contributed by atoms with E-state index in [0.717, 1.165) is 55.4 Å². The van der Waals surface area contributed by atoms with Crippen LogP contribution >= 0.6 is 7.82 Å². The van der Waals surface area contributed by atoms with Crippen molar-refractivity contribution in [3.63, 3.8) is 0 Å². The number of hydrogen-bond acceptors (Lipinski definition) is 8. The van der Waals surface area contributed by atoms with Crippen molar-refractivity contribution in [1.82, 2.24) is 14.9 Å². The molecule has 2 fully saturated rings. The Morgan fingerprint density at radius 3 is 2.33 bits per heavy atom. The summed E-state index contributed by atoms with van der Waals surface area (Å²) in [6.07, 6.45) is 24.7. The average Bonchev–Trinajstić information content (AvgIpc) is 3.25. The van der Waals surface area contributed by atoms with E-state index in [1.807, 2.05) is 4.98 Å². The molecule has 1 aromatic heterocycles. The smallest absolute Gasteiger partial charge is 0.354 e. The van der Waals surface area contributed by atoms with Gasteiger partial charge >= 0.3 is 13.5 Å². The normalized spacial score (nSPS) is 27.0. The second-order valence-electron chi connectivity index (χ2n) is 10.7. The third-order valence-corrected chi connectivity index (χ3v) is 8.75. The molecule has 2 aliphatic heterocycles. The molecule has 2 aliphatic rings. The Morgan fingerprint density at radius 1 is 1.09 bits per heavy atom. The number of aromatic nitrogens is 2. The van der Waals surface area contributed by atoms with Crippen LogP contribution in [0.4, 0.5) is 4.39 Å². The third-order valence-electron chi connectivity index (χ3n) is 7.16. The lowest BCUT2D eigenvalue weighted by Gasteiger charge is -2.38. The Bertz CT molecular complexity index is 1400. The number of fused-ring (bicyclic) bond motifs is 1. The summed E-state index contributed by atoms with van der Waals surface area (Å²) in [5.41, 5.74) is -3.23. The monoisotopic (exact) mass is 649 g/mol. The number of phosphoric acid groups is 1. The van der Waals surface area contributed by atoms with Crippen molar-refractivity contribution in [3.05, 3.63) is 93.9 Å². The first-order chi connectivity index (χ1) is 21.7. The molecule has 248 valence electrons. The van der Waals surface area contributed by atoms with Gasteiger partial charge in [-0.25, -0.2) is 13.8 Å². The van der Waals surface area contributed by atoms with Crippen LogP contribution in [-0.2, 0) is 27.7 Å². The van der Waals surface area contributed by atoms with Gasteiger partial charge in [0.1, 0.15) is 11.7 Å². The van der Waals surface area contributed by atoms with E-state index in [4.69, 9.17) is 18.3 Å². The van der Waals surface area contributed by atoms with Crippen LogP contribution in [0.1, 0.15) is 71.4 Å². The molecular formula is C32H45FN3O8P. The molecule has 2 saturated heterocycles. The van der Waals surface area contributed by atoms with Crippen LogP contribution in [0.25, 0.3) is 0 Å². The second-order valence-corrected chi connectivity index (χ2v) is 12.3. The third kappa shape index (κ3) is 11.6. The molecule has 0 aromatic carbocycles. The molecule has 0 saturated carbocycles. The number of ether oxygens (including phenoxy) is 1. The minimum Gasteiger partial charge on any atom is -0.354 e. The van der Waals surface area contributed by atoms with E-state index in [1.165, 1.54) is 6.92 Å². The van der Waals surface area contributed by atoms with Crippen LogP contribution in [0, 0.1) is 0 Å². The first kappa shape index (κ1) is 36.3. The lowest BCUT2D eigenvalue weighted by molar-refractivity contribution is -0.121. The van der Waals surface area contributed by atoms with Crippen LogP contribution in [-0.4, -0.2) is 53.1 Å². The topological polar surface area (TPSA) is 138 Å². The number of allylic oxidation sites excluding steroid dienone is 10. The predicted octanol–water partition coefficient (Wildman–Crippen LogP) is 5.74. The van der Waals surface area contributed by atoms with Crippen molar-refractivity contribution in [3.8, 4) is 0 Å². The van der Waals surface area contributed by atoms with Gasteiger partial charge in [0.2, 0.25) is 5.91 Å². The van der Waals surface area contributed by atoms with Crippen LogP contribution in [0.5, 0.6) is 0 Å². The first-order valence-electron chi connectivity index (χ1n) is 15.4. The van der Waals surface area contributed by atoms with E-state index in [2.05, 4.69) is 73.0 Å². The molecule has 1 unspecified atom stereocenters. The molecule has 0 aliphatic carbocycles. The summed E-state index contributed by atoms with van der Waals surface area (Å²) in [4.78, 5) is 37.6. The van der Waals surface area contributed by atoms with Crippen molar-refractivity contribution in [2.45, 2.75) is 89.3 Å². The largest absolute Gasteiger partial charge is 0.475 e. The summed E-state index contributed by atoms with van der Waals surface area (Å²) < 4.78 is 51.0. The maximum absolute atomic E-state index is 15.5. The van der Waals surface area contributed by atoms with Crippen LogP contribution in [0.3, 0.4) is 0 Å². The highest BCUT2D eigenvalue weighted by Crippen LogP contribution is 2.60. The molecule has 2 N–H and O–H groups in total. The fourth-order valence-corrected chi connectivity index (χ4v) is 6.17. The second kappa shape index (κ2) is 18.7. The van der Waals surface area contributed by atoms with Crippen molar-refractivity contribution in [2.75, 3.05) is 19.8 Å². The molecular weight excluding hydrogens is 604 g/mol. The van der Waals surface area contributed by atoms with E-state index in [1.54, 1.807) is 0 Å². The Hall–Kier alpha value is -3.15. The predicted molar refractivity (Wildman–Crippen MR) is 170 cm³/mol. The molecule has 3 heterocycles. The van der Waals surface area contributed by atoms with Gasteiger partial charge in [0.05, 0.1) is 13.2 Å². The molecule has 13 heteroatoms. The molecule has 3 rings (SSSR count). The number of nitrogens with one attached hydrogen (secondary N) is 2. The van der Waals surface area contributed by atoms with E-state index in [9.17, 15) is 18.9 Å². The number of H-pyrrole nitrogens is 1. The van der Waals surface area contributed by atoms with E-state index in [0.29, 0.717) is 12.8 Å². The van der Waals surface area contributed by atoms with Gasteiger partial charge < -0.3 is 10.1 Å². The van der Waals surface area contributed by atoms with Crippen LogP contribution in [0.2, 0.25) is 0 Å². The van der Waals surface area contributed by atoms with Gasteiger partial charge in [0, 0.05) is 25.2 Å². The molecule has 11 nitrogen and oxygen atoms in total. The van der Waals surface area contributed by atoms with Crippen LogP contribution < -0.4 is 16.6 Å². The van der Waals surface area contributed by atoms with E-state index < -0.39 is 43.2 Å². The number of carbonyl (C=O) groups excluding carboxylic acids is 1. The summed E-state index contributed by atoms with van der Waals surface area (Å²) in [7, 11) is -4.18. The molecule has 5 atom stereocenters. The zero-order chi connectivity index (χ0) is 32.5. The lowest BCUT2D eigenvalue weighted by Crippen LogP contribution is -2.50. The first-order valence-corrected chi connectivity index (χ1v) is 16.9. The Labute approximate surface area is 263 Å². The number of nitrogens with zero attached hydrogens (tertiary/aromatic N) is 1. The Morgan fingerprint density at radius 2 is 1.71 bits per heavy atom. The number of carbonyl (C=O) groups is 1. The van der Waals surface area contributed by atoms with Gasteiger partial charge in [0.25, 0.3) is 5.56 Å². The summed E-state index contributed by atoms with van der Waals surface area (Å²) in [6.45, 7) is 3.06. The molecule has 1 aromatic rings. The molecule has 45 heavy (non-hydrogen) atoms. The lowest BCUT2D eigenvalue weighted by atomic mass is 9.96. The highest BCUT2D eigenvalue weighted by Gasteiger charge is 2.62. The average molecular weight is 650 g/mol. The van der Waals surface area contributed by atoms with Gasteiger partial charge in [-0.3, -0.25) is 32.7 Å². The summed E-state index contributed by atoms with van der Waals surface area (Å²) in [6, 6.07) is 1.06. The summed E-state index contributed by atoms with van der Waals surface area (Å²) in [5.74, 6) is -0.177. The van der Waals surface area contributed by atoms with E-state index in [-0.39, 0.29) is 25.7 Å². The van der Waals surface area contributed by atoms with E-state index >= 15 is 4.39 Å². The van der Waals surface area contributed by atoms with Gasteiger partial charge in [-0.05, 0) is 51.9 Å². The standard InChI is InChI=1S/C32H45FN3O8P/c1-3-4-5-6-7-8-9-10-11-12-13-14-15-16-17-18-19-20-27(37)34-22-24-41-45(40)42-25-26-32(2,44-45)29(33)30(43-26)36-23-21-28(38)35-31(36)39/h4-5,7-8,10-11,13-14,16-17,21,23,26,29-30H,3,6,9,12,15,18-20,22,24-25H2,1-2H3,(H,34,37)(H,35,38,39)/b5-4-,8-7-,11-10-,14-13-,17-16-/t26-,29+,30-,32-,45?/m1/s1. The highest BCUT2D eigenvalue weighted by atomic mass is 31.2. The quantitative estimate of drug-likeness (QED) is 0.117. The van der Waals surface area contributed by atoms with Crippen molar-refractivity contribution in [1.29, 1.82) is 0 Å². The number of unbranched alkanes of at least 4 members (excludes halogenated alkanes) is 1. The Balaban J connectivity index is 1.26. The molecule has 0 spiro atoms. The number of alkyl halides is 1. The maximum atomic E-state index is 15.5. The van der Waals surface area contributed by atoms with Crippen molar-refractivity contribution in [2.24, 2.45) is 0 Å². The van der Waals surface area contributed by atoms with Gasteiger partial charge in [0.15, 0.2) is 12.4 Å². The fourth-order valence-electron chi connectivity index (χ4n) is 4.66. The maximum Gasteiger partial charge on any atom is 0.475 e. The minimum absolute atomic E-state index is 0.0578. The number of amides is 1. The zero-order valence-corrected chi connectivity index (χ0v) is 26.9. The fraction of sp³-hybridized carbons (Fsp3) is 0.531. The number of hydrogen-bond donors (Lipinski definition) is 2. The van der Waals surface area contributed by atoms with Crippen molar-refractivity contribution >= 4 is 13.7 Å². The minimum atomic E-state index is -4.18. The number of phosphoric ester groups is 1. The molecule has 0 bridgehead atoms. The highest BCUT2D eigenvalue weighted by molar-refractivity contribution is 7.48. The number of rotatable bonds is 18. The molecule has 0 radical (unpaired) electrons.